The third kappa shape index (κ3) is 4.81. The molecule has 0 unspecified atom stereocenters. The number of hydrogen-bond acceptors (Lipinski definition) is 4. The molecule has 0 saturated carbocycles. The molecule has 2 amide bonds. The van der Waals surface area contributed by atoms with E-state index in [9.17, 15) is 9.59 Å². The Morgan fingerprint density at radius 1 is 1.12 bits per heavy atom. The second-order valence-electron chi connectivity index (χ2n) is 4.52. The van der Waals surface area contributed by atoms with Crippen LogP contribution in [-0.2, 0) is 4.79 Å². The van der Waals surface area contributed by atoms with E-state index in [-0.39, 0.29) is 22.5 Å². The number of carbonyl (C=O) groups is 2. The van der Waals surface area contributed by atoms with Gasteiger partial charge in [0.2, 0.25) is 0 Å². The van der Waals surface area contributed by atoms with Gasteiger partial charge >= 0.3 is 0 Å². The number of hydrogen-bond donors (Lipinski definition) is 3. The zero-order chi connectivity index (χ0) is 17.5. The molecule has 3 N–H and O–H groups in total. The molecular weight excluding hydrogens is 357 g/mol. The second-order valence-corrected chi connectivity index (χ2v) is 5.30. The number of H-pyrrole nitrogens is 1. The lowest BCUT2D eigenvalue weighted by Gasteiger charge is -2.11. The molecule has 2 aromatic rings. The first kappa shape index (κ1) is 18.0. The monoisotopic (exact) mass is 371 g/mol. The maximum Gasteiger partial charge on any atom is 0.286 e. The van der Waals surface area contributed by atoms with Crippen LogP contribution in [0.1, 0.15) is 17.4 Å². The lowest BCUT2D eigenvalue weighted by atomic mass is 10.3. The van der Waals surface area contributed by atoms with Crippen LogP contribution >= 0.6 is 23.2 Å². The first-order valence-corrected chi connectivity index (χ1v) is 7.74. The Morgan fingerprint density at radius 2 is 1.79 bits per heavy atom. The second kappa shape index (κ2) is 8.47. The molecule has 0 fully saturated rings. The van der Waals surface area contributed by atoms with Gasteiger partial charge in [-0.2, -0.15) is 0 Å². The van der Waals surface area contributed by atoms with Crippen LogP contribution in [-0.4, -0.2) is 30.0 Å². The Kier molecular flexibility index (Phi) is 6.34. The summed E-state index contributed by atoms with van der Waals surface area (Å²) in [6.45, 7) is 2.03. The van der Waals surface area contributed by atoms with Gasteiger partial charge in [0.25, 0.3) is 11.8 Å². The first-order valence-electron chi connectivity index (χ1n) is 6.99. The molecule has 1 aromatic heterocycles. The summed E-state index contributed by atoms with van der Waals surface area (Å²) < 4.78 is 10.8. The molecule has 0 aliphatic carbocycles. The smallest absolute Gasteiger partial charge is 0.286 e. The van der Waals surface area contributed by atoms with Crippen LogP contribution in [0.4, 0.5) is 0 Å². The quantitative estimate of drug-likeness (QED) is 0.680. The van der Waals surface area contributed by atoms with Crippen molar-refractivity contribution in [1.82, 2.24) is 15.8 Å². The number of para-hydroxylation sites is 2. The van der Waals surface area contributed by atoms with Crippen LogP contribution in [0, 0.1) is 0 Å². The van der Waals surface area contributed by atoms with E-state index in [2.05, 4.69) is 15.8 Å². The fraction of sp³-hybridized carbons (Fsp3) is 0.200. The summed E-state index contributed by atoms with van der Waals surface area (Å²) in [6, 6.07) is 8.32. The van der Waals surface area contributed by atoms with E-state index < -0.39 is 11.8 Å². The minimum Gasteiger partial charge on any atom is -0.490 e. The number of nitrogens with one attached hydrogen (secondary N) is 3. The molecule has 0 spiro atoms. The van der Waals surface area contributed by atoms with Crippen molar-refractivity contribution >= 4 is 35.0 Å². The molecule has 1 heterocycles. The Balaban J connectivity index is 1.82. The van der Waals surface area contributed by atoms with E-state index in [0.717, 1.165) is 0 Å². The van der Waals surface area contributed by atoms with Gasteiger partial charge < -0.3 is 14.5 Å². The van der Waals surface area contributed by atoms with Crippen molar-refractivity contribution in [3.8, 4) is 11.5 Å². The van der Waals surface area contributed by atoms with Gasteiger partial charge in [-0.15, -0.1) is 0 Å². The van der Waals surface area contributed by atoms with Gasteiger partial charge in [0.1, 0.15) is 10.8 Å². The van der Waals surface area contributed by atoms with Crippen LogP contribution in [0.25, 0.3) is 0 Å². The molecule has 1 aromatic carbocycles. The summed E-state index contributed by atoms with van der Waals surface area (Å²) in [5, 5.41) is 0.355. The fourth-order valence-electron chi connectivity index (χ4n) is 1.74. The molecule has 7 nitrogen and oxygen atoms in total. The predicted octanol–water partition coefficient (Wildman–Crippen LogP) is 2.56. The topological polar surface area (TPSA) is 92.4 Å². The van der Waals surface area contributed by atoms with Crippen LogP contribution in [0.5, 0.6) is 11.5 Å². The average Bonchev–Trinajstić information content (AvgIpc) is 2.91. The number of aromatic nitrogens is 1. The molecule has 0 radical (unpaired) electrons. The Morgan fingerprint density at radius 3 is 2.38 bits per heavy atom. The summed E-state index contributed by atoms with van der Waals surface area (Å²) >= 11 is 11.4. The molecule has 0 saturated heterocycles. The molecule has 0 aliphatic rings. The van der Waals surface area contributed by atoms with E-state index in [1.54, 1.807) is 24.3 Å². The Labute approximate surface area is 148 Å². The van der Waals surface area contributed by atoms with Crippen molar-refractivity contribution < 1.29 is 19.1 Å². The van der Waals surface area contributed by atoms with Crippen molar-refractivity contribution in [3.05, 3.63) is 46.2 Å². The zero-order valence-electron chi connectivity index (χ0n) is 12.7. The lowest BCUT2D eigenvalue weighted by Crippen LogP contribution is -2.44. The van der Waals surface area contributed by atoms with Crippen LogP contribution in [0.3, 0.4) is 0 Å². The largest absolute Gasteiger partial charge is 0.490 e. The van der Waals surface area contributed by atoms with Gasteiger partial charge in [0.15, 0.2) is 18.1 Å². The molecular formula is C15H15Cl2N3O4. The van der Waals surface area contributed by atoms with Crippen molar-refractivity contribution in [2.24, 2.45) is 0 Å². The fourth-order valence-corrected chi connectivity index (χ4v) is 2.06. The van der Waals surface area contributed by atoms with E-state index in [0.29, 0.717) is 18.1 Å². The third-order valence-corrected chi connectivity index (χ3v) is 3.49. The maximum atomic E-state index is 11.8. The van der Waals surface area contributed by atoms with Gasteiger partial charge in [0.05, 0.1) is 11.6 Å². The predicted molar refractivity (Wildman–Crippen MR) is 89.5 cm³/mol. The number of aromatic amines is 1. The minimum atomic E-state index is -0.591. The summed E-state index contributed by atoms with van der Waals surface area (Å²) in [5.41, 5.74) is 4.56. The van der Waals surface area contributed by atoms with Crippen LogP contribution < -0.4 is 20.3 Å². The standard InChI is InChI=1S/C15H15Cl2N3O4/c1-2-23-11-5-3-4-6-12(11)24-8-13(21)19-20-15(22)10-7-9(16)14(17)18-10/h3-7,18H,2,8H2,1H3,(H,19,21)(H,20,22). The number of rotatable bonds is 6. The molecule has 0 bridgehead atoms. The van der Waals surface area contributed by atoms with E-state index in [4.69, 9.17) is 32.7 Å². The highest BCUT2D eigenvalue weighted by molar-refractivity contribution is 6.41. The highest BCUT2D eigenvalue weighted by Gasteiger charge is 2.13. The number of halogens is 2. The highest BCUT2D eigenvalue weighted by atomic mass is 35.5. The van der Waals surface area contributed by atoms with E-state index >= 15 is 0 Å². The van der Waals surface area contributed by atoms with Crippen molar-refractivity contribution in [1.29, 1.82) is 0 Å². The van der Waals surface area contributed by atoms with Gasteiger partial charge in [-0.25, -0.2) is 0 Å². The van der Waals surface area contributed by atoms with Gasteiger partial charge in [-0.3, -0.25) is 20.4 Å². The summed E-state index contributed by atoms with van der Waals surface area (Å²) in [7, 11) is 0. The maximum absolute atomic E-state index is 11.8. The number of carbonyl (C=O) groups excluding carboxylic acids is 2. The summed E-state index contributed by atoms with van der Waals surface area (Å²) in [6.07, 6.45) is 0. The van der Waals surface area contributed by atoms with Gasteiger partial charge in [-0.05, 0) is 25.1 Å². The lowest BCUT2D eigenvalue weighted by molar-refractivity contribution is -0.123. The minimum absolute atomic E-state index is 0.118. The Hall–Kier alpha value is -2.38. The number of amides is 2. The summed E-state index contributed by atoms with van der Waals surface area (Å²) in [5.74, 6) is -0.165. The number of benzene rings is 1. The van der Waals surface area contributed by atoms with Crippen molar-refractivity contribution in [3.63, 3.8) is 0 Å². The molecule has 24 heavy (non-hydrogen) atoms. The average molecular weight is 372 g/mol. The molecule has 2 rings (SSSR count). The van der Waals surface area contributed by atoms with Crippen LogP contribution in [0.15, 0.2) is 30.3 Å². The van der Waals surface area contributed by atoms with E-state index in [1.807, 2.05) is 6.92 Å². The van der Waals surface area contributed by atoms with Gasteiger partial charge in [0, 0.05) is 0 Å². The van der Waals surface area contributed by atoms with E-state index in [1.165, 1.54) is 6.07 Å². The van der Waals surface area contributed by atoms with Crippen molar-refractivity contribution in [2.75, 3.05) is 13.2 Å². The Bertz CT molecular complexity index is 714. The van der Waals surface area contributed by atoms with Crippen molar-refractivity contribution in [2.45, 2.75) is 6.92 Å². The zero-order valence-corrected chi connectivity index (χ0v) is 14.2. The SMILES string of the molecule is CCOc1ccccc1OCC(=O)NNC(=O)c1cc(Cl)c(Cl)[nH]1. The first-order chi connectivity index (χ1) is 11.5. The summed E-state index contributed by atoms with van der Waals surface area (Å²) in [4.78, 5) is 26.1. The molecule has 9 heteroatoms. The normalized spacial score (nSPS) is 10.1. The molecule has 0 atom stereocenters. The van der Waals surface area contributed by atoms with Gasteiger partial charge in [-0.1, -0.05) is 35.3 Å². The number of ether oxygens (including phenoxy) is 2. The number of hydrazine groups is 1. The third-order valence-electron chi connectivity index (χ3n) is 2.79. The highest BCUT2D eigenvalue weighted by Crippen LogP contribution is 2.26. The van der Waals surface area contributed by atoms with Crippen LogP contribution in [0.2, 0.25) is 10.2 Å². The molecule has 0 aliphatic heterocycles. The molecule has 128 valence electrons.